The summed E-state index contributed by atoms with van der Waals surface area (Å²) < 4.78 is 5.16. The Morgan fingerprint density at radius 3 is 2.45 bits per heavy atom. The Bertz CT molecular complexity index is 586. The second-order valence-electron chi connectivity index (χ2n) is 6.02. The molecule has 1 heterocycles. The molecule has 0 saturated carbocycles. The number of ketones is 1. The zero-order valence-corrected chi connectivity index (χ0v) is 13.2. The Morgan fingerprint density at radius 2 is 1.91 bits per heavy atom. The summed E-state index contributed by atoms with van der Waals surface area (Å²) in [7, 11) is 0. The van der Waals surface area contributed by atoms with Crippen LogP contribution in [0.25, 0.3) is 0 Å². The van der Waals surface area contributed by atoms with E-state index in [1.807, 2.05) is 51.1 Å². The van der Waals surface area contributed by atoms with Gasteiger partial charge in [-0.3, -0.25) is 4.79 Å². The van der Waals surface area contributed by atoms with Crippen LogP contribution in [0.4, 0.5) is 0 Å². The first-order valence-electron chi connectivity index (χ1n) is 7.68. The average molecular weight is 302 g/mol. The average Bonchev–Trinajstić information content (AvgIpc) is 2.74. The van der Waals surface area contributed by atoms with Crippen LogP contribution in [0.3, 0.4) is 0 Å². The number of cyclic esters (lactones) is 1. The zero-order valence-electron chi connectivity index (χ0n) is 13.2. The van der Waals surface area contributed by atoms with Crippen LogP contribution in [0.1, 0.15) is 45.1 Å². The van der Waals surface area contributed by atoms with Crippen molar-refractivity contribution in [1.82, 2.24) is 0 Å². The van der Waals surface area contributed by atoms with Crippen LogP contribution < -0.4 is 0 Å². The fourth-order valence-corrected chi connectivity index (χ4v) is 2.76. The smallest absolute Gasteiger partial charge is 0.346 e. The van der Waals surface area contributed by atoms with Gasteiger partial charge >= 0.3 is 5.97 Å². The van der Waals surface area contributed by atoms with Crippen molar-refractivity contribution in [2.24, 2.45) is 5.92 Å². The van der Waals surface area contributed by atoms with Crippen molar-refractivity contribution in [2.75, 3.05) is 0 Å². The zero-order chi connectivity index (χ0) is 16.3. The molecule has 1 aromatic carbocycles. The van der Waals surface area contributed by atoms with Gasteiger partial charge < -0.3 is 9.84 Å². The van der Waals surface area contributed by atoms with Gasteiger partial charge in [-0.1, -0.05) is 51.1 Å². The summed E-state index contributed by atoms with van der Waals surface area (Å²) in [4.78, 5) is 24.7. The van der Waals surface area contributed by atoms with Crippen molar-refractivity contribution in [1.29, 1.82) is 0 Å². The van der Waals surface area contributed by atoms with Crippen molar-refractivity contribution in [3.8, 4) is 0 Å². The van der Waals surface area contributed by atoms with Crippen molar-refractivity contribution < 1.29 is 19.4 Å². The predicted octanol–water partition coefficient (Wildman–Crippen LogP) is 3.53. The number of carbonyl (C=O) groups excluding carboxylic acids is 2. The van der Waals surface area contributed by atoms with Crippen LogP contribution in [0.5, 0.6) is 0 Å². The highest BCUT2D eigenvalue weighted by Gasteiger charge is 2.40. The molecule has 4 nitrogen and oxygen atoms in total. The number of aliphatic hydroxyl groups excluding tert-OH is 1. The molecule has 0 bridgehead atoms. The number of carbonyl (C=O) groups is 2. The van der Waals surface area contributed by atoms with E-state index >= 15 is 0 Å². The number of benzene rings is 1. The largest absolute Gasteiger partial charge is 0.507 e. The van der Waals surface area contributed by atoms with Crippen molar-refractivity contribution in [3.63, 3.8) is 0 Å². The topological polar surface area (TPSA) is 63.6 Å². The molecule has 0 aromatic heterocycles. The van der Waals surface area contributed by atoms with E-state index in [2.05, 4.69) is 0 Å². The monoisotopic (exact) mass is 302 g/mol. The second kappa shape index (κ2) is 6.77. The standard InChI is InChI=1S/C18H22O4/c1-4-13(12-8-6-5-7-9-12)16(19)15-17(20)14(10-11(2)3)22-18(15)21/h5-9,11,13-14,20H,4,10H2,1-3H3. The van der Waals surface area contributed by atoms with Crippen molar-refractivity contribution in [3.05, 3.63) is 47.2 Å². The quantitative estimate of drug-likeness (QED) is 0.645. The van der Waals surface area contributed by atoms with Crippen molar-refractivity contribution >= 4 is 11.8 Å². The summed E-state index contributed by atoms with van der Waals surface area (Å²) in [6.07, 6.45) is 0.373. The van der Waals surface area contributed by atoms with Gasteiger partial charge in [0, 0.05) is 5.92 Å². The summed E-state index contributed by atoms with van der Waals surface area (Å²) in [5.74, 6) is -1.46. The first kappa shape index (κ1) is 16.3. The summed E-state index contributed by atoms with van der Waals surface area (Å²) >= 11 is 0. The third-order valence-electron chi connectivity index (χ3n) is 3.87. The molecule has 0 radical (unpaired) electrons. The molecule has 1 aliphatic rings. The molecule has 1 aromatic rings. The Hall–Kier alpha value is -2.10. The maximum atomic E-state index is 12.7. The maximum absolute atomic E-state index is 12.7. The number of ether oxygens (including phenoxy) is 1. The second-order valence-corrected chi connectivity index (χ2v) is 6.02. The Labute approximate surface area is 130 Å². The van der Waals surface area contributed by atoms with Gasteiger partial charge in [-0.25, -0.2) is 4.79 Å². The lowest BCUT2D eigenvalue weighted by molar-refractivity contribution is -0.141. The molecule has 1 N–H and O–H groups in total. The normalized spacial score (nSPS) is 19.5. The van der Waals surface area contributed by atoms with Gasteiger partial charge in [0.2, 0.25) is 0 Å². The van der Waals surface area contributed by atoms with E-state index in [1.165, 1.54) is 0 Å². The van der Waals surface area contributed by atoms with E-state index in [9.17, 15) is 14.7 Å². The lowest BCUT2D eigenvalue weighted by Gasteiger charge is -2.13. The highest BCUT2D eigenvalue weighted by molar-refractivity contribution is 6.21. The van der Waals surface area contributed by atoms with Gasteiger partial charge in [0.1, 0.15) is 5.57 Å². The van der Waals surface area contributed by atoms with Gasteiger partial charge in [0.15, 0.2) is 17.6 Å². The first-order chi connectivity index (χ1) is 10.5. The molecule has 2 atom stereocenters. The van der Waals surface area contributed by atoms with Gasteiger partial charge in [0.05, 0.1) is 0 Å². The summed E-state index contributed by atoms with van der Waals surface area (Å²) in [5.41, 5.74) is 0.664. The molecular weight excluding hydrogens is 280 g/mol. The van der Waals surface area contributed by atoms with Crippen LogP contribution in [0.15, 0.2) is 41.7 Å². The SMILES string of the molecule is CCC(C(=O)C1=C(O)C(CC(C)C)OC1=O)c1ccccc1. The predicted molar refractivity (Wildman–Crippen MR) is 83.5 cm³/mol. The number of hydrogen-bond donors (Lipinski definition) is 1. The number of aliphatic hydroxyl groups is 1. The fraction of sp³-hybridized carbons (Fsp3) is 0.444. The Balaban J connectivity index is 2.30. The van der Waals surface area contributed by atoms with E-state index in [4.69, 9.17) is 4.74 Å². The Kier molecular flexibility index (Phi) is 5.01. The molecule has 2 unspecified atom stereocenters. The molecule has 0 spiro atoms. The summed E-state index contributed by atoms with van der Waals surface area (Å²) in [6.45, 7) is 5.83. The first-order valence-corrected chi connectivity index (χ1v) is 7.68. The van der Waals surface area contributed by atoms with Gasteiger partial charge in [-0.15, -0.1) is 0 Å². The van der Waals surface area contributed by atoms with Crippen LogP contribution in [0.2, 0.25) is 0 Å². The van der Waals surface area contributed by atoms with Gasteiger partial charge in [-0.05, 0) is 24.3 Å². The van der Waals surface area contributed by atoms with E-state index in [0.717, 1.165) is 5.56 Å². The molecule has 0 fully saturated rings. The van der Waals surface area contributed by atoms with Crippen molar-refractivity contribution in [2.45, 2.75) is 45.6 Å². The van der Waals surface area contributed by atoms with Crippen LogP contribution in [0, 0.1) is 5.92 Å². The van der Waals surface area contributed by atoms with E-state index in [-0.39, 0.29) is 23.0 Å². The molecule has 22 heavy (non-hydrogen) atoms. The molecular formula is C18H22O4. The van der Waals surface area contributed by atoms with E-state index < -0.39 is 18.0 Å². The minimum Gasteiger partial charge on any atom is -0.507 e. The molecule has 118 valence electrons. The third-order valence-corrected chi connectivity index (χ3v) is 3.87. The highest BCUT2D eigenvalue weighted by Crippen LogP contribution is 2.31. The summed E-state index contributed by atoms with van der Waals surface area (Å²) in [5, 5.41) is 10.2. The number of rotatable bonds is 6. The maximum Gasteiger partial charge on any atom is 0.346 e. The highest BCUT2D eigenvalue weighted by atomic mass is 16.6. The Morgan fingerprint density at radius 1 is 1.27 bits per heavy atom. The number of esters is 1. The molecule has 2 rings (SSSR count). The lowest BCUT2D eigenvalue weighted by atomic mass is 9.88. The van der Waals surface area contributed by atoms with Crippen LogP contribution in [-0.2, 0) is 14.3 Å². The molecule has 0 saturated heterocycles. The van der Waals surface area contributed by atoms with Gasteiger partial charge in [0.25, 0.3) is 0 Å². The minimum absolute atomic E-state index is 0.179. The van der Waals surface area contributed by atoms with Gasteiger partial charge in [-0.2, -0.15) is 0 Å². The number of hydrogen-bond acceptors (Lipinski definition) is 4. The molecule has 4 heteroatoms. The van der Waals surface area contributed by atoms with E-state index in [0.29, 0.717) is 12.8 Å². The molecule has 0 aliphatic carbocycles. The van der Waals surface area contributed by atoms with E-state index in [1.54, 1.807) is 0 Å². The number of Topliss-reactive ketones (excluding diaryl/α,β-unsaturated/α-hetero) is 1. The fourth-order valence-electron chi connectivity index (χ4n) is 2.76. The minimum atomic E-state index is -0.706. The summed E-state index contributed by atoms with van der Waals surface area (Å²) in [6, 6.07) is 9.30. The molecule has 0 amide bonds. The van der Waals surface area contributed by atoms with Crippen LogP contribution in [-0.4, -0.2) is 23.0 Å². The molecule has 1 aliphatic heterocycles. The van der Waals surface area contributed by atoms with Crippen LogP contribution >= 0.6 is 0 Å². The third kappa shape index (κ3) is 3.21. The lowest BCUT2D eigenvalue weighted by Crippen LogP contribution is -2.19.